The van der Waals surface area contributed by atoms with Crippen LogP contribution in [0.2, 0.25) is 0 Å². The molecule has 0 fully saturated rings. The van der Waals surface area contributed by atoms with Crippen LogP contribution in [0.3, 0.4) is 0 Å². The number of phenols is 1. The third-order valence-electron chi connectivity index (χ3n) is 1.57. The average Bonchev–Trinajstić information content (AvgIpc) is 2.09. The Bertz CT molecular complexity index is 315. The van der Waals surface area contributed by atoms with Crippen LogP contribution in [0.1, 0.15) is 5.56 Å². The van der Waals surface area contributed by atoms with E-state index in [4.69, 9.17) is 10.2 Å². The van der Waals surface area contributed by atoms with E-state index in [-0.39, 0.29) is 10.2 Å². The first kappa shape index (κ1) is 10.4. The maximum Gasteiger partial charge on any atom is 0.297 e. The number of alkyl halides is 2. The summed E-state index contributed by atoms with van der Waals surface area (Å²) >= 11 is 2.82. The lowest BCUT2D eigenvalue weighted by Crippen LogP contribution is -2.18. The van der Waals surface area contributed by atoms with Crippen LogP contribution in [0.25, 0.3) is 0 Å². The summed E-state index contributed by atoms with van der Waals surface area (Å²) in [6.45, 7) is -1.28. The van der Waals surface area contributed by atoms with E-state index < -0.39 is 18.1 Å². The van der Waals surface area contributed by atoms with E-state index >= 15 is 0 Å². The van der Waals surface area contributed by atoms with Crippen LogP contribution in [-0.2, 0) is 5.92 Å². The van der Waals surface area contributed by atoms with Crippen LogP contribution >= 0.6 is 15.9 Å². The topological polar surface area (TPSA) is 40.5 Å². The molecule has 5 heteroatoms. The molecule has 0 aliphatic heterocycles. The highest BCUT2D eigenvalue weighted by Gasteiger charge is 2.33. The number of hydrogen-bond acceptors (Lipinski definition) is 2. The molecule has 2 nitrogen and oxygen atoms in total. The van der Waals surface area contributed by atoms with Gasteiger partial charge in [0, 0.05) is 5.56 Å². The lowest BCUT2D eigenvalue weighted by molar-refractivity contribution is -0.0563. The van der Waals surface area contributed by atoms with Crippen LogP contribution in [0.5, 0.6) is 5.75 Å². The first-order chi connectivity index (χ1) is 5.99. The average molecular weight is 253 g/mol. The highest BCUT2D eigenvalue weighted by molar-refractivity contribution is 9.10. The van der Waals surface area contributed by atoms with Crippen molar-refractivity contribution in [2.45, 2.75) is 5.92 Å². The molecule has 0 aliphatic carbocycles. The summed E-state index contributed by atoms with van der Waals surface area (Å²) in [5.41, 5.74) is -0.421. The zero-order valence-corrected chi connectivity index (χ0v) is 8.05. The Balaban J connectivity index is 3.22. The number of hydrogen-bond donors (Lipinski definition) is 2. The second-order valence-corrected chi connectivity index (χ2v) is 3.29. The SMILES string of the molecule is OCC(F)(F)c1cccc(O)c1Br. The van der Waals surface area contributed by atoms with Crippen molar-refractivity contribution >= 4 is 15.9 Å². The van der Waals surface area contributed by atoms with Gasteiger partial charge in [0.15, 0.2) is 0 Å². The fourth-order valence-corrected chi connectivity index (χ4v) is 1.44. The minimum atomic E-state index is -3.34. The van der Waals surface area contributed by atoms with E-state index in [2.05, 4.69) is 15.9 Å². The lowest BCUT2D eigenvalue weighted by Gasteiger charge is -2.15. The number of phenolic OH excluding ortho intramolecular Hbond substituents is 1. The summed E-state index contributed by atoms with van der Waals surface area (Å²) in [6, 6.07) is 3.71. The van der Waals surface area contributed by atoms with E-state index in [9.17, 15) is 8.78 Å². The fraction of sp³-hybridized carbons (Fsp3) is 0.250. The molecule has 0 amide bonds. The summed E-state index contributed by atoms with van der Waals surface area (Å²) in [4.78, 5) is 0. The summed E-state index contributed by atoms with van der Waals surface area (Å²) < 4.78 is 25.8. The van der Waals surface area contributed by atoms with Crippen LogP contribution in [-0.4, -0.2) is 16.8 Å². The number of benzene rings is 1. The molecule has 0 aliphatic rings. The molecule has 1 rings (SSSR count). The number of halogens is 3. The molecule has 1 aromatic carbocycles. The highest BCUT2D eigenvalue weighted by atomic mass is 79.9. The number of aliphatic hydroxyl groups excluding tert-OH is 1. The molecule has 0 saturated heterocycles. The van der Waals surface area contributed by atoms with Gasteiger partial charge in [-0.25, -0.2) is 0 Å². The molecule has 0 saturated carbocycles. The quantitative estimate of drug-likeness (QED) is 0.848. The molecule has 0 spiro atoms. The monoisotopic (exact) mass is 252 g/mol. The van der Waals surface area contributed by atoms with Gasteiger partial charge in [-0.2, -0.15) is 8.78 Å². The van der Waals surface area contributed by atoms with Gasteiger partial charge in [0.1, 0.15) is 12.4 Å². The van der Waals surface area contributed by atoms with Gasteiger partial charge in [-0.15, -0.1) is 0 Å². The van der Waals surface area contributed by atoms with Crippen LogP contribution in [0, 0.1) is 0 Å². The third-order valence-corrected chi connectivity index (χ3v) is 2.40. The third kappa shape index (κ3) is 1.97. The highest BCUT2D eigenvalue weighted by Crippen LogP contribution is 2.37. The van der Waals surface area contributed by atoms with Crippen molar-refractivity contribution in [2.75, 3.05) is 6.61 Å². The Morgan fingerprint density at radius 3 is 2.54 bits per heavy atom. The summed E-state index contributed by atoms with van der Waals surface area (Å²) in [5.74, 6) is -3.61. The zero-order valence-electron chi connectivity index (χ0n) is 6.47. The van der Waals surface area contributed by atoms with Crippen molar-refractivity contribution in [1.82, 2.24) is 0 Å². The zero-order chi connectivity index (χ0) is 10.1. The van der Waals surface area contributed by atoms with Gasteiger partial charge in [0.05, 0.1) is 4.47 Å². The Morgan fingerprint density at radius 1 is 1.38 bits per heavy atom. The molecule has 2 N–H and O–H groups in total. The fourth-order valence-electron chi connectivity index (χ4n) is 0.887. The van der Waals surface area contributed by atoms with Crippen molar-refractivity contribution in [3.8, 4) is 5.75 Å². The second kappa shape index (κ2) is 3.59. The number of rotatable bonds is 2. The van der Waals surface area contributed by atoms with E-state index in [0.29, 0.717) is 0 Å². The van der Waals surface area contributed by atoms with Gasteiger partial charge in [-0.05, 0) is 22.0 Å². The van der Waals surface area contributed by atoms with Crippen molar-refractivity contribution in [3.63, 3.8) is 0 Å². The van der Waals surface area contributed by atoms with Crippen molar-refractivity contribution < 1.29 is 19.0 Å². The molecule has 13 heavy (non-hydrogen) atoms. The van der Waals surface area contributed by atoms with E-state index in [1.807, 2.05) is 0 Å². The molecule has 0 heterocycles. The molecule has 0 radical (unpaired) electrons. The maximum atomic E-state index is 12.9. The maximum absolute atomic E-state index is 12.9. The standard InChI is InChI=1S/C8H7BrF2O2/c9-7-5(8(10,11)4-12)2-1-3-6(7)13/h1-3,12-13H,4H2. The van der Waals surface area contributed by atoms with Crippen molar-refractivity contribution in [2.24, 2.45) is 0 Å². The summed E-state index contributed by atoms with van der Waals surface area (Å²) in [7, 11) is 0. The van der Waals surface area contributed by atoms with Gasteiger partial charge in [0.2, 0.25) is 0 Å². The molecular weight excluding hydrogens is 246 g/mol. The molecular formula is C8H7BrF2O2. The van der Waals surface area contributed by atoms with Crippen molar-refractivity contribution in [1.29, 1.82) is 0 Å². The molecule has 0 bridgehead atoms. The molecule has 0 unspecified atom stereocenters. The van der Waals surface area contributed by atoms with Gasteiger partial charge in [-0.1, -0.05) is 12.1 Å². The number of aliphatic hydroxyl groups is 1. The van der Waals surface area contributed by atoms with Gasteiger partial charge in [-0.3, -0.25) is 0 Å². The van der Waals surface area contributed by atoms with E-state index in [1.165, 1.54) is 12.1 Å². The van der Waals surface area contributed by atoms with Crippen LogP contribution < -0.4 is 0 Å². The minimum absolute atomic E-state index is 0.0888. The Morgan fingerprint density at radius 2 is 2.00 bits per heavy atom. The smallest absolute Gasteiger partial charge is 0.297 e. The van der Waals surface area contributed by atoms with E-state index in [1.54, 1.807) is 0 Å². The van der Waals surface area contributed by atoms with Crippen LogP contribution in [0.15, 0.2) is 22.7 Å². The molecule has 72 valence electrons. The van der Waals surface area contributed by atoms with Crippen molar-refractivity contribution in [3.05, 3.63) is 28.2 Å². The first-order valence-corrected chi connectivity index (χ1v) is 4.25. The van der Waals surface area contributed by atoms with Gasteiger partial charge < -0.3 is 10.2 Å². The lowest BCUT2D eigenvalue weighted by atomic mass is 10.1. The second-order valence-electron chi connectivity index (χ2n) is 2.50. The summed E-state index contributed by atoms with van der Waals surface area (Å²) in [5, 5.41) is 17.5. The predicted molar refractivity (Wildman–Crippen MR) is 46.8 cm³/mol. The predicted octanol–water partition coefficient (Wildman–Crippen LogP) is 2.24. The number of aromatic hydroxyl groups is 1. The normalized spacial score (nSPS) is 11.7. The largest absolute Gasteiger partial charge is 0.507 e. The minimum Gasteiger partial charge on any atom is -0.507 e. The van der Waals surface area contributed by atoms with E-state index in [0.717, 1.165) is 6.07 Å². The Labute approximate surface area is 81.9 Å². The molecule has 0 aromatic heterocycles. The Kier molecular flexibility index (Phi) is 2.87. The first-order valence-electron chi connectivity index (χ1n) is 3.45. The van der Waals surface area contributed by atoms with Crippen LogP contribution in [0.4, 0.5) is 8.78 Å². The van der Waals surface area contributed by atoms with Gasteiger partial charge in [0.25, 0.3) is 5.92 Å². The summed E-state index contributed by atoms with van der Waals surface area (Å²) in [6.07, 6.45) is 0. The molecule has 0 atom stereocenters. The Hall–Kier alpha value is -0.680. The van der Waals surface area contributed by atoms with Gasteiger partial charge >= 0.3 is 0 Å². The molecule has 1 aromatic rings.